The first-order valence-electron chi connectivity index (χ1n) is 15.2. The van der Waals surface area contributed by atoms with Crippen LogP contribution >= 0.6 is 0 Å². The van der Waals surface area contributed by atoms with Gasteiger partial charge in [0.15, 0.2) is 11.4 Å². The Morgan fingerprint density at radius 3 is 2.05 bits per heavy atom. The summed E-state index contributed by atoms with van der Waals surface area (Å²) in [5.74, 6) is 0.0602. The van der Waals surface area contributed by atoms with Crippen molar-refractivity contribution in [3.63, 3.8) is 0 Å². The van der Waals surface area contributed by atoms with E-state index in [4.69, 9.17) is 8.70 Å². The average molecular weight is 595 g/mol. The fourth-order valence-electron chi connectivity index (χ4n) is 5.57. The molecule has 3 aromatic rings. The molecule has 0 bridgehead atoms. The number of ketones is 1. The zero-order chi connectivity index (χ0) is 31.0. The average Bonchev–Trinajstić information content (AvgIpc) is 3.35. The fourth-order valence-corrected chi connectivity index (χ4v) is 6.98. The van der Waals surface area contributed by atoms with Crippen molar-refractivity contribution in [1.82, 2.24) is 4.98 Å². The summed E-state index contributed by atoms with van der Waals surface area (Å²) in [5, 5.41) is 4.00. The maximum absolute atomic E-state index is 13.9. The molecule has 0 unspecified atom stereocenters. The highest BCUT2D eigenvalue weighted by Gasteiger charge is 2.34. The molecule has 0 atom stereocenters. The van der Waals surface area contributed by atoms with E-state index in [1.165, 1.54) is 24.8 Å². The topological polar surface area (TPSA) is 98.8 Å². The van der Waals surface area contributed by atoms with Gasteiger partial charge in [0.1, 0.15) is 10.4 Å². The van der Waals surface area contributed by atoms with Gasteiger partial charge in [-0.25, -0.2) is 4.98 Å². The number of Topliss-reactive ketones (excluding diaryl/α,β-unsaturated/α-hetero) is 1. The molecule has 4 rings (SSSR count). The first-order chi connectivity index (χ1) is 19.6. The molecule has 0 amide bonds. The molecular formula is C34H46N2O5S. The predicted octanol–water partition coefficient (Wildman–Crippen LogP) is 8.97. The van der Waals surface area contributed by atoms with Crippen LogP contribution in [0.25, 0.3) is 11.1 Å². The van der Waals surface area contributed by atoms with Crippen LogP contribution in [0.15, 0.2) is 44.8 Å². The maximum Gasteiger partial charge on any atom is 0.359 e. The number of oxazole rings is 1. The summed E-state index contributed by atoms with van der Waals surface area (Å²) in [6.45, 7) is 17.2. The van der Waals surface area contributed by atoms with E-state index in [2.05, 4.69) is 30.1 Å². The smallest absolute Gasteiger partial charge is 0.359 e. The Balaban J connectivity index is 1.80. The van der Waals surface area contributed by atoms with Crippen molar-refractivity contribution in [2.45, 2.75) is 123 Å². The molecule has 8 heteroatoms. The van der Waals surface area contributed by atoms with Crippen LogP contribution in [-0.4, -0.2) is 24.9 Å². The monoisotopic (exact) mass is 594 g/mol. The highest BCUT2D eigenvalue weighted by atomic mass is 32.2. The van der Waals surface area contributed by atoms with Crippen LogP contribution < -0.4 is 0 Å². The molecular weight excluding hydrogens is 548 g/mol. The molecule has 0 radical (unpaired) electrons. The third kappa shape index (κ3) is 6.80. The van der Waals surface area contributed by atoms with Crippen molar-refractivity contribution in [3.05, 3.63) is 58.5 Å². The summed E-state index contributed by atoms with van der Waals surface area (Å²) in [6, 6.07) is 9.82. The number of carbonyl (C=O) groups is 1. The number of hydrogen-bond donors (Lipinski definition) is 0. The molecule has 7 nitrogen and oxygen atoms in total. The van der Waals surface area contributed by atoms with Crippen molar-refractivity contribution < 1.29 is 21.9 Å². The third-order valence-electron chi connectivity index (χ3n) is 8.14. The first kappa shape index (κ1) is 31.9. The van der Waals surface area contributed by atoms with Gasteiger partial charge in [-0.05, 0) is 70.9 Å². The Morgan fingerprint density at radius 2 is 1.52 bits per heavy atom. The summed E-state index contributed by atoms with van der Waals surface area (Å²) in [5.41, 5.74) is 3.57. The predicted molar refractivity (Wildman–Crippen MR) is 168 cm³/mol. The van der Waals surface area contributed by atoms with E-state index >= 15 is 0 Å². The van der Waals surface area contributed by atoms with Gasteiger partial charge < -0.3 is 4.42 Å². The molecule has 0 aliphatic heterocycles. The van der Waals surface area contributed by atoms with Gasteiger partial charge in [0, 0.05) is 5.41 Å². The van der Waals surface area contributed by atoms with Crippen LogP contribution in [0.4, 0.5) is 0 Å². The number of carbonyl (C=O) groups excluding carboxylic acids is 1. The molecule has 1 aromatic heterocycles. The van der Waals surface area contributed by atoms with Crippen molar-refractivity contribution in [1.29, 1.82) is 0 Å². The summed E-state index contributed by atoms with van der Waals surface area (Å²) >= 11 is 0. The lowest BCUT2D eigenvalue weighted by molar-refractivity contribution is -0.119. The Labute approximate surface area is 251 Å². The van der Waals surface area contributed by atoms with E-state index < -0.39 is 21.3 Å². The minimum absolute atomic E-state index is 0.0516. The van der Waals surface area contributed by atoms with Gasteiger partial charge in [0.05, 0.1) is 0 Å². The van der Waals surface area contributed by atoms with Crippen molar-refractivity contribution in [3.8, 4) is 0 Å². The number of aromatic nitrogens is 1. The molecule has 2 aromatic carbocycles. The van der Waals surface area contributed by atoms with E-state index in [9.17, 15) is 13.2 Å². The van der Waals surface area contributed by atoms with Crippen molar-refractivity contribution in [2.75, 3.05) is 0 Å². The lowest BCUT2D eigenvalue weighted by Crippen LogP contribution is -2.30. The second-order valence-corrected chi connectivity index (χ2v) is 15.1. The third-order valence-corrected chi connectivity index (χ3v) is 9.39. The SMILES string of the molecule is CC(C)c1cc(C(C)C)c(S(=O)(=O)O/N=C(\C(=O)C(C)(C)C)c2nc3ccc(C4CCCCC4)cc3o2)c(C(C)C)c1. The molecule has 1 saturated carbocycles. The van der Waals surface area contributed by atoms with Gasteiger partial charge in [0.2, 0.25) is 5.71 Å². The molecule has 0 N–H and O–H groups in total. The van der Waals surface area contributed by atoms with Crippen LogP contribution in [0.1, 0.15) is 146 Å². The van der Waals surface area contributed by atoms with E-state index in [0.717, 1.165) is 18.4 Å². The Hall–Kier alpha value is -3.00. The molecule has 1 fully saturated rings. The molecule has 1 aliphatic rings. The van der Waals surface area contributed by atoms with Crippen molar-refractivity contribution in [2.24, 2.45) is 10.6 Å². The highest BCUT2D eigenvalue weighted by Crippen LogP contribution is 2.37. The fraction of sp³-hybridized carbons (Fsp3) is 0.559. The molecule has 228 valence electrons. The zero-order valence-corrected chi connectivity index (χ0v) is 27.4. The molecule has 0 spiro atoms. The quantitative estimate of drug-likeness (QED) is 0.181. The zero-order valence-electron chi connectivity index (χ0n) is 26.6. The lowest BCUT2D eigenvalue weighted by atomic mass is 9.84. The Bertz CT molecular complexity index is 1550. The van der Waals surface area contributed by atoms with Gasteiger partial charge in [-0.1, -0.05) is 105 Å². The number of hydrogen-bond acceptors (Lipinski definition) is 7. The summed E-state index contributed by atoms with van der Waals surface area (Å²) in [4.78, 5) is 18.2. The second-order valence-electron chi connectivity index (χ2n) is 13.6. The minimum atomic E-state index is -4.40. The number of benzene rings is 2. The van der Waals surface area contributed by atoms with Crippen LogP contribution in [0.3, 0.4) is 0 Å². The van der Waals surface area contributed by atoms with Gasteiger partial charge in [-0.3, -0.25) is 9.08 Å². The molecule has 1 aliphatic carbocycles. The van der Waals surface area contributed by atoms with Crippen LogP contribution in [0.5, 0.6) is 0 Å². The lowest BCUT2D eigenvalue weighted by Gasteiger charge is -2.21. The van der Waals surface area contributed by atoms with E-state index in [1.807, 2.05) is 52.0 Å². The summed E-state index contributed by atoms with van der Waals surface area (Å²) < 4.78 is 39.2. The minimum Gasteiger partial charge on any atom is -0.434 e. The first-order valence-corrected chi connectivity index (χ1v) is 16.7. The molecule has 1 heterocycles. The van der Waals surface area contributed by atoms with E-state index in [1.54, 1.807) is 20.8 Å². The van der Waals surface area contributed by atoms with Gasteiger partial charge >= 0.3 is 10.1 Å². The normalized spacial score (nSPS) is 15.8. The number of fused-ring (bicyclic) bond motifs is 1. The largest absolute Gasteiger partial charge is 0.434 e. The summed E-state index contributed by atoms with van der Waals surface area (Å²) in [6.07, 6.45) is 5.97. The van der Waals surface area contributed by atoms with Gasteiger partial charge in [0.25, 0.3) is 5.89 Å². The summed E-state index contributed by atoms with van der Waals surface area (Å²) in [7, 11) is -4.40. The second kappa shape index (κ2) is 12.3. The Kier molecular flexibility index (Phi) is 9.36. The molecule has 42 heavy (non-hydrogen) atoms. The molecule has 0 saturated heterocycles. The highest BCUT2D eigenvalue weighted by molar-refractivity contribution is 7.86. The van der Waals surface area contributed by atoms with Gasteiger partial charge in [-0.15, -0.1) is 0 Å². The number of oxime groups is 1. The number of rotatable bonds is 9. The maximum atomic E-state index is 13.9. The van der Waals surface area contributed by atoms with E-state index in [0.29, 0.717) is 28.1 Å². The van der Waals surface area contributed by atoms with Gasteiger partial charge in [-0.2, -0.15) is 8.42 Å². The van der Waals surface area contributed by atoms with Crippen LogP contribution in [0, 0.1) is 5.41 Å². The van der Waals surface area contributed by atoms with E-state index in [-0.39, 0.29) is 34.3 Å². The Morgan fingerprint density at radius 1 is 0.929 bits per heavy atom. The standard InChI is InChI=1S/C34H46N2O5S/c1-20(2)25-17-26(21(3)4)31(27(18-25)22(5)6)42(38,39)41-36-30(32(37)34(7,8)9)33-35-28-16-15-24(19-29(28)40-33)23-13-11-10-12-14-23/h15-23H,10-14H2,1-9H3/b36-30+. The van der Waals surface area contributed by atoms with Crippen molar-refractivity contribution >= 4 is 32.7 Å². The van der Waals surface area contributed by atoms with Crippen LogP contribution in [-0.2, 0) is 19.2 Å². The van der Waals surface area contributed by atoms with Crippen LogP contribution in [0.2, 0.25) is 0 Å². The number of nitrogens with zero attached hydrogens (tertiary/aromatic N) is 2.